The number of nitrogens with two attached hydrogens (primary N) is 1. The van der Waals surface area contributed by atoms with Gasteiger partial charge in [0.05, 0.1) is 11.5 Å². The molecule has 0 aromatic carbocycles. The minimum absolute atomic E-state index is 0.0103. The molecule has 6 nitrogen and oxygen atoms in total. The number of ether oxygens (including phenoxy) is 1. The van der Waals surface area contributed by atoms with Gasteiger partial charge in [0.15, 0.2) is 0 Å². The maximum atomic E-state index is 12.2. The number of fused-ring (bicyclic) bond motifs is 1. The van der Waals surface area contributed by atoms with Crippen molar-refractivity contribution < 1.29 is 9.15 Å². The first-order valence-corrected chi connectivity index (χ1v) is 6.24. The molecule has 0 aliphatic carbocycles. The van der Waals surface area contributed by atoms with Gasteiger partial charge in [0.1, 0.15) is 23.2 Å². The maximum Gasteiger partial charge on any atom is 0.343 e. The molecule has 6 heteroatoms. The molecule has 0 saturated heterocycles. The first kappa shape index (κ1) is 12.9. The van der Waals surface area contributed by atoms with Crippen molar-refractivity contribution >= 4 is 0 Å². The van der Waals surface area contributed by atoms with E-state index in [1.54, 1.807) is 37.5 Å². The quantitative estimate of drug-likeness (QED) is 0.851. The van der Waals surface area contributed by atoms with E-state index < -0.39 is 11.5 Å². The highest BCUT2D eigenvalue weighted by molar-refractivity contribution is 5.54. The second-order valence-corrected chi connectivity index (χ2v) is 4.63. The highest BCUT2D eigenvalue weighted by atomic mass is 16.5. The predicted octanol–water partition coefficient (Wildman–Crippen LogP) is 1.56. The van der Waals surface area contributed by atoms with E-state index in [1.807, 2.05) is 6.07 Å². The van der Waals surface area contributed by atoms with Crippen LogP contribution in [0.1, 0.15) is 22.8 Å². The summed E-state index contributed by atoms with van der Waals surface area (Å²) in [6, 6.07) is 7.09. The van der Waals surface area contributed by atoms with Gasteiger partial charge in [-0.25, -0.2) is 4.79 Å². The Labute approximate surface area is 120 Å². The fourth-order valence-electron chi connectivity index (χ4n) is 2.40. The van der Waals surface area contributed by atoms with Gasteiger partial charge in [-0.1, -0.05) is 6.07 Å². The van der Waals surface area contributed by atoms with E-state index in [1.165, 1.54) is 0 Å². The van der Waals surface area contributed by atoms with Crippen LogP contribution in [0.4, 0.5) is 0 Å². The van der Waals surface area contributed by atoms with E-state index in [4.69, 9.17) is 14.9 Å². The van der Waals surface area contributed by atoms with Crippen molar-refractivity contribution in [3.05, 3.63) is 69.4 Å². The Morgan fingerprint density at radius 1 is 1.48 bits per heavy atom. The van der Waals surface area contributed by atoms with E-state index in [-0.39, 0.29) is 17.0 Å². The summed E-state index contributed by atoms with van der Waals surface area (Å²) in [7, 11) is 0. The minimum Gasteiger partial charge on any atom is -0.440 e. The molecular weight excluding hydrogens is 270 g/mol. The van der Waals surface area contributed by atoms with Gasteiger partial charge in [0.2, 0.25) is 5.88 Å². The van der Waals surface area contributed by atoms with Gasteiger partial charge in [-0.3, -0.25) is 4.98 Å². The summed E-state index contributed by atoms with van der Waals surface area (Å²) in [5.41, 5.74) is 6.39. The van der Waals surface area contributed by atoms with E-state index in [0.29, 0.717) is 17.1 Å². The van der Waals surface area contributed by atoms with Crippen LogP contribution >= 0.6 is 0 Å². The molecule has 0 amide bonds. The molecule has 0 saturated carbocycles. The Kier molecular flexibility index (Phi) is 2.95. The van der Waals surface area contributed by atoms with E-state index >= 15 is 0 Å². The molecule has 2 aromatic heterocycles. The molecule has 104 valence electrons. The predicted molar refractivity (Wildman–Crippen MR) is 73.2 cm³/mol. The van der Waals surface area contributed by atoms with E-state index in [0.717, 1.165) is 0 Å². The number of pyridine rings is 1. The molecule has 0 bridgehead atoms. The van der Waals surface area contributed by atoms with Crippen LogP contribution < -0.4 is 16.1 Å². The number of hydrogen-bond donors (Lipinski definition) is 1. The summed E-state index contributed by atoms with van der Waals surface area (Å²) in [6.45, 7) is 1.64. The molecule has 1 aliphatic heterocycles. The standard InChI is InChI=1S/C15H11N3O3/c1-8-5-11-13(15(19)20-8)12(9-3-2-4-18-7-9)10(6-16)14(17)21-11/h2-5,7,12H,17H2,1H3/t12-/m0/s1. The first-order valence-electron chi connectivity index (χ1n) is 6.24. The third-order valence-electron chi connectivity index (χ3n) is 3.27. The van der Waals surface area contributed by atoms with Gasteiger partial charge in [-0.15, -0.1) is 0 Å². The number of nitrogens with zero attached hydrogens (tertiary/aromatic N) is 2. The summed E-state index contributed by atoms with van der Waals surface area (Å²) < 4.78 is 10.5. The lowest BCUT2D eigenvalue weighted by molar-refractivity contribution is 0.371. The molecule has 3 heterocycles. The molecule has 1 aliphatic rings. The fourth-order valence-corrected chi connectivity index (χ4v) is 2.40. The maximum absolute atomic E-state index is 12.2. The smallest absolute Gasteiger partial charge is 0.343 e. The van der Waals surface area contributed by atoms with Crippen LogP contribution in [0.25, 0.3) is 0 Å². The van der Waals surface area contributed by atoms with E-state index in [9.17, 15) is 10.1 Å². The highest BCUT2D eigenvalue weighted by Crippen LogP contribution is 2.39. The third-order valence-corrected chi connectivity index (χ3v) is 3.27. The van der Waals surface area contributed by atoms with Crippen molar-refractivity contribution in [3.63, 3.8) is 0 Å². The Bertz CT molecular complexity index is 831. The van der Waals surface area contributed by atoms with Crippen LogP contribution in [0.2, 0.25) is 0 Å². The Morgan fingerprint density at radius 2 is 2.29 bits per heavy atom. The van der Waals surface area contributed by atoms with Crippen LogP contribution in [-0.4, -0.2) is 4.98 Å². The summed E-state index contributed by atoms with van der Waals surface area (Å²) in [5.74, 6) is 0.0825. The minimum atomic E-state index is -0.635. The fraction of sp³-hybridized carbons (Fsp3) is 0.133. The molecule has 0 spiro atoms. The Balaban J connectivity index is 2.32. The van der Waals surface area contributed by atoms with Crippen molar-refractivity contribution in [1.29, 1.82) is 5.26 Å². The Morgan fingerprint density at radius 3 is 2.95 bits per heavy atom. The zero-order valence-electron chi connectivity index (χ0n) is 11.2. The number of hydrogen-bond acceptors (Lipinski definition) is 6. The molecule has 2 N–H and O–H groups in total. The topological polar surface area (TPSA) is 102 Å². The third kappa shape index (κ3) is 2.05. The normalized spacial score (nSPS) is 16.9. The number of aromatic nitrogens is 1. The van der Waals surface area contributed by atoms with Crippen LogP contribution in [-0.2, 0) is 0 Å². The summed E-state index contributed by atoms with van der Waals surface area (Å²) in [6.07, 6.45) is 3.20. The second-order valence-electron chi connectivity index (χ2n) is 4.63. The molecule has 0 radical (unpaired) electrons. The monoisotopic (exact) mass is 281 g/mol. The lowest BCUT2D eigenvalue weighted by Gasteiger charge is -2.24. The molecular formula is C15H11N3O3. The molecule has 3 rings (SSSR count). The van der Waals surface area contributed by atoms with Crippen molar-refractivity contribution in [1.82, 2.24) is 4.98 Å². The molecule has 2 aromatic rings. The van der Waals surface area contributed by atoms with Gasteiger partial charge < -0.3 is 14.9 Å². The molecule has 0 unspecified atom stereocenters. The zero-order valence-corrected chi connectivity index (χ0v) is 11.2. The van der Waals surface area contributed by atoms with Crippen molar-refractivity contribution in [2.45, 2.75) is 12.8 Å². The average molecular weight is 281 g/mol. The summed E-state index contributed by atoms with van der Waals surface area (Å²) in [4.78, 5) is 16.2. The van der Waals surface area contributed by atoms with Gasteiger partial charge in [0.25, 0.3) is 0 Å². The van der Waals surface area contributed by atoms with Gasteiger partial charge >= 0.3 is 5.63 Å². The summed E-state index contributed by atoms with van der Waals surface area (Å²) >= 11 is 0. The molecule has 1 atom stereocenters. The number of allylic oxidation sites excluding steroid dienone is 1. The molecule has 0 fully saturated rings. The lowest BCUT2D eigenvalue weighted by atomic mass is 9.85. The van der Waals surface area contributed by atoms with Gasteiger partial charge in [0, 0.05) is 18.5 Å². The van der Waals surface area contributed by atoms with Crippen LogP contribution in [0.3, 0.4) is 0 Å². The van der Waals surface area contributed by atoms with Crippen molar-refractivity contribution in [2.75, 3.05) is 0 Å². The molecule has 21 heavy (non-hydrogen) atoms. The van der Waals surface area contributed by atoms with Crippen LogP contribution in [0.5, 0.6) is 5.75 Å². The van der Waals surface area contributed by atoms with Gasteiger partial charge in [-0.05, 0) is 18.6 Å². The number of aryl methyl sites for hydroxylation is 1. The lowest BCUT2D eigenvalue weighted by Crippen LogP contribution is -2.26. The first-order chi connectivity index (χ1) is 10.1. The van der Waals surface area contributed by atoms with Gasteiger partial charge in [-0.2, -0.15) is 5.26 Å². The van der Waals surface area contributed by atoms with E-state index in [2.05, 4.69) is 4.98 Å². The highest BCUT2D eigenvalue weighted by Gasteiger charge is 2.34. The summed E-state index contributed by atoms with van der Waals surface area (Å²) in [5, 5.41) is 9.34. The van der Waals surface area contributed by atoms with Crippen LogP contribution in [0.15, 0.2) is 51.3 Å². The van der Waals surface area contributed by atoms with Crippen molar-refractivity contribution in [3.8, 4) is 11.8 Å². The van der Waals surface area contributed by atoms with Crippen molar-refractivity contribution in [2.24, 2.45) is 5.73 Å². The SMILES string of the molecule is Cc1cc2c(c(=O)o1)[C@@H](c1cccnc1)C(C#N)=C(N)O2. The number of rotatable bonds is 1. The Hall–Kier alpha value is -3.07. The van der Waals surface area contributed by atoms with Crippen LogP contribution in [0, 0.1) is 18.3 Å². The number of nitriles is 1. The largest absolute Gasteiger partial charge is 0.440 e. The second kappa shape index (κ2) is 4.80. The zero-order chi connectivity index (χ0) is 15.0. The average Bonchev–Trinajstić information content (AvgIpc) is 2.46.